The van der Waals surface area contributed by atoms with Crippen LogP contribution in [-0.4, -0.2) is 19.7 Å². The van der Waals surface area contributed by atoms with E-state index in [-0.39, 0.29) is 0 Å². The molecule has 0 spiro atoms. The molecule has 266 valence electrons. The first-order valence-electron chi connectivity index (χ1n) is 19.3. The van der Waals surface area contributed by atoms with Gasteiger partial charge in [0, 0.05) is 38.2 Å². The van der Waals surface area contributed by atoms with Crippen LogP contribution in [0.15, 0.2) is 206 Å². The van der Waals surface area contributed by atoms with Gasteiger partial charge in [0.25, 0.3) is 0 Å². The molecule has 0 aliphatic rings. The number of para-hydroxylation sites is 1. The molecule has 0 atom stereocenters. The highest BCUT2D eigenvalue weighted by Gasteiger charge is 2.21. The highest BCUT2D eigenvalue weighted by Crippen LogP contribution is 2.42. The molecule has 11 rings (SSSR count). The van der Waals surface area contributed by atoms with Crippen LogP contribution in [0.1, 0.15) is 0 Å². The Morgan fingerprint density at radius 2 is 0.860 bits per heavy atom. The van der Waals surface area contributed by atoms with Gasteiger partial charge in [0.05, 0.1) is 33.6 Å². The minimum atomic E-state index is 0.901. The van der Waals surface area contributed by atoms with E-state index in [0.717, 1.165) is 94.4 Å². The second kappa shape index (κ2) is 13.6. The number of aromatic nitrogens is 4. The first-order chi connectivity index (χ1) is 28.2. The Bertz CT molecular complexity index is 3280. The largest absolute Gasteiger partial charge is 0.245 e. The summed E-state index contributed by atoms with van der Waals surface area (Å²) in [4.78, 5) is 10.4. The van der Waals surface area contributed by atoms with Gasteiger partial charge in [-0.05, 0) is 70.1 Å². The van der Waals surface area contributed by atoms with Gasteiger partial charge in [-0.1, -0.05) is 164 Å². The second-order valence-electron chi connectivity index (χ2n) is 14.5. The lowest BCUT2D eigenvalue weighted by atomic mass is 9.93. The molecule has 11 aromatic rings. The van der Waals surface area contributed by atoms with Crippen molar-refractivity contribution >= 4 is 43.5 Å². The summed E-state index contributed by atoms with van der Waals surface area (Å²) in [5.74, 6) is 0. The van der Waals surface area contributed by atoms with Gasteiger partial charge >= 0.3 is 0 Å². The molecule has 4 nitrogen and oxygen atoms in total. The number of nitrogens with zero attached hydrogens (tertiary/aromatic N) is 4. The molecule has 0 radical (unpaired) electrons. The van der Waals surface area contributed by atoms with Crippen LogP contribution in [0.2, 0.25) is 0 Å². The molecule has 57 heavy (non-hydrogen) atoms. The predicted molar refractivity (Wildman–Crippen MR) is 236 cm³/mol. The first kappa shape index (κ1) is 32.7. The SMILES string of the molecule is c1ccc(-c2ccc3ccc4ccc(-c5cccc(-c6cccc(-c7nn(-c8ccccc8)c8c7c(-c7ccccc7)cc7ccccc78)c6)c5)nc4c3n2)cc1. The van der Waals surface area contributed by atoms with Gasteiger partial charge in [-0.25, -0.2) is 14.6 Å². The van der Waals surface area contributed by atoms with Crippen LogP contribution in [0, 0.1) is 0 Å². The molecule has 0 fully saturated rings. The van der Waals surface area contributed by atoms with Crippen molar-refractivity contribution in [2.45, 2.75) is 0 Å². The van der Waals surface area contributed by atoms with E-state index in [0.29, 0.717) is 0 Å². The van der Waals surface area contributed by atoms with Gasteiger partial charge in [0.1, 0.15) is 5.69 Å². The number of rotatable bonds is 6. The maximum absolute atomic E-state index is 5.45. The number of hydrogen-bond acceptors (Lipinski definition) is 3. The quantitative estimate of drug-likeness (QED) is 0.160. The second-order valence-corrected chi connectivity index (χ2v) is 14.5. The van der Waals surface area contributed by atoms with Gasteiger partial charge < -0.3 is 0 Å². The number of fused-ring (bicyclic) bond motifs is 6. The smallest absolute Gasteiger partial charge is 0.101 e. The van der Waals surface area contributed by atoms with Crippen LogP contribution in [0.5, 0.6) is 0 Å². The van der Waals surface area contributed by atoms with Crippen molar-refractivity contribution in [3.05, 3.63) is 206 Å². The Kier molecular flexibility index (Phi) is 7.78. The van der Waals surface area contributed by atoms with E-state index in [9.17, 15) is 0 Å². The Labute approximate surface area is 330 Å². The Balaban J connectivity index is 1.06. The van der Waals surface area contributed by atoms with E-state index in [1.165, 1.54) is 10.8 Å². The van der Waals surface area contributed by atoms with Crippen LogP contribution >= 0.6 is 0 Å². The summed E-state index contributed by atoms with van der Waals surface area (Å²) in [5.41, 5.74) is 14.5. The number of benzene rings is 8. The first-order valence-corrected chi connectivity index (χ1v) is 19.3. The molecule has 3 heterocycles. The summed E-state index contributed by atoms with van der Waals surface area (Å²) in [6.07, 6.45) is 0. The van der Waals surface area contributed by atoms with Crippen molar-refractivity contribution in [3.63, 3.8) is 0 Å². The topological polar surface area (TPSA) is 43.6 Å². The normalized spacial score (nSPS) is 11.5. The zero-order chi connectivity index (χ0) is 37.7. The molecule has 4 heteroatoms. The highest BCUT2D eigenvalue weighted by atomic mass is 15.3. The van der Waals surface area contributed by atoms with Crippen LogP contribution in [0.4, 0.5) is 0 Å². The van der Waals surface area contributed by atoms with Crippen LogP contribution < -0.4 is 0 Å². The number of hydrogen-bond donors (Lipinski definition) is 0. The van der Waals surface area contributed by atoms with E-state index in [4.69, 9.17) is 15.1 Å². The fraction of sp³-hybridized carbons (Fsp3) is 0. The van der Waals surface area contributed by atoms with Crippen molar-refractivity contribution in [3.8, 4) is 61.7 Å². The molecule has 0 saturated heterocycles. The fourth-order valence-electron chi connectivity index (χ4n) is 8.19. The van der Waals surface area contributed by atoms with Crippen molar-refractivity contribution in [2.75, 3.05) is 0 Å². The van der Waals surface area contributed by atoms with Gasteiger partial charge in [-0.15, -0.1) is 0 Å². The summed E-state index contributed by atoms with van der Waals surface area (Å²) in [5, 5.41) is 11.1. The van der Waals surface area contributed by atoms with Crippen LogP contribution in [0.3, 0.4) is 0 Å². The fourth-order valence-corrected chi connectivity index (χ4v) is 8.19. The standard InChI is InChI=1S/C53H34N4/c1-4-14-35(15-5-1)46-34-41-18-10-11-25-45(41)53-49(46)50(56-57(53)44-23-8-3-9-24-44)43-22-13-20-40(33-43)39-19-12-21-42(32-39)48-31-29-38-27-26-37-28-30-47(36-16-6-2-7-17-36)54-51(37)52(38)55-48/h1-34H. The molecule has 0 bridgehead atoms. The third kappa shape index (κ3) is 5.74. The average Bonchev–Trinajstić information content (AvgIpc) is 3.71. The molecule has 0 N–H and O–H groups in total. The Morgan fingerprint density at radius 3 is 1.54 bits per heavy atom. The van der Waals surface area contributed by atoms with Crippen molar-refractivity contribution < 1.29 is 0 Å². The van der Waals surface area contributed by atoms with Crippen molar-refractivity contribution in [2.24, 2.45) is 0 Å². The number of pyridine rings is 2. The summed E-state index contributed by atoms with van der Waals surface area (Å²) < 4.78 is 2.12. The van der Waals surface area contributed by atoms with Crippen LogP contribution in [0.25, 0.3) is 105 Å². The Morgan fingerprint density at radius 1 is 0.351 bits per heavy atom. The van der Waals surface area contributed by atoms with Crippen LogP contribution in [-0.2, 0) is 0 Å². The molecule has 0 aliphatic heterocycles. The Hall–Kier alpha value is -7.69. The molecule has 0 unspecified atom stereocenters. The lowest BCUT2D eigenvalue weighted by molar-refractivity contribution is 0.918. The molecule has 0 aliphatic carbocycles. The average molecular weight is 727 g/mol. The van der Waals surface area contributed by atoms with E-state index in [1.807, 2.05) is 18.2 Å². The summed E-state index contributed by atoms with van der Waals surface area (Å²) in [6.45, 7) is 0. The van der Waals surface area contributed by atoms with Gasteiger partial charge in [0.15, 0.2) is 0 Å². The summed E-state index contributed by atoms with van der Waals surface area (Å²) >= 11 is 0. The summed E-state index contributed by atoms with van der Waals surface area (Å²) in [6, 6.07) is 72.6. The zero-order valence-corrected chi connectivity index (χ0v) is 30.9. The molecular formula is C53H34N4. The minimum absolute atomic E-state index is 0.901. The summed E-state index contributed by atoms with van der Waals surface area (Å²) in [7, 11) is 0. The van der Waals surface area contributed by atoms with Gasteiger partial charge in [0.2, 0.25) is 0 Å². The monoisotopic (exact) mass is 726 g/mol. The van der Waals surface area contributed by atoms with Gasteiger partial charge in [-0.2, -0.15) is 5.10 Å². The van der Waals surface area contributed by atoms with E-state index >= 15 is 0 Å². The highest BCUT2D eigenvalue weighted by molar-refractivity contribution is 6.17. The zero-order valence-electron chi connectivity index (χ0n) is 30.9. The molecule has 8 aromatic carbocycles. The minimum Gasteiger partial charge on any atom is -0.245 e. The lowest BCUT2D eigenvalue weighted by Crippen LogP contribution is -1.96. The van der Waals surface area contributed by atoms with Crippen molar-refractivity contribution in [1.82, 2.24) is 19.7 Å². The maximum Gasteiger partial charge on any atom is 0.101 e. The van der Waals surface area contributed by atoms with E-state index in [2.05, 4.69) is 193 Å². The molecular weight excluding hydrogens is 693 g/mol. The van der Waals surface area contributed by atoms with Gasteiger partial charge in [-0.3, -0.25) is 0 Å². The third-order valence-electron chi connectivity index (χ3n) is 11.0. The van der Waals surface area contributed by atoms with Crippen molar-refractivity contribution in [1.29, 1.82) is 0 Å². The maximum atomic E-state index is 5.45. The third-order valence-corrected chi connectivity index (χ3v) is 11.0. The molecule has 3 aromatic heterocycles. The van der Waals surface area contributed by atoms with E-state index in [1.54, 1.807) is 0 Å². The van der Waals surface area contributed by atoms with E-state index < -0.39 is 0 Å². The lowest BCUT2D eigenvalue weighted by Gasteiger charge is -2.11. The predicted octanol–water partition coefficient (Wildman–Crippen LogP) is 13.6. The molecule has 0 saturated carbocycles. The molecule has 0 amide bonds.